The summed E-state index contributed by atoms with van der Waals surface area (Å²) in [5.74, 6) is 0. The van der Waals surface area contributed by atoms with Crippen molar-refractivity contribution in [2.24, 2.45) is 0 Å². The van der Waals surface area contributed by atoms with E-state index in [2.05, 4.69) is 224 Å². The van der Waals surface area contributed by atoms with Crippen LogP contribution in [0.1, 0.15) is 45.4 Å². The molecule has 1 aliphatic rings. The fourth-order valence-corrected chi connectivity index (χ4v) is 7.14. The van der Waals surface area contributed by atoms with Crippen LogP contribution in [-0.4, -0.2) is 6.54 Å². The Kier molecular flexibility index (Phi) is 10.7. The van der Waals surface area contributed by atoms with Gasteiger partial charge in [-0.2, -0.15) is 0 Å². The first-order chi connectivity index (χ1) is 26.7. The predicted octanol–water partition coefficient (Wildman–Crippen LogP) is 13.2. The van der Waals surface area contributed by atoms with Crippen LogP contribution >= 0.6 is 0 Å². The van der Waals surface area contributed by atoms with Gasteiger partial charge in [-0.05, 0) is 115 Å². The van der Waals surface area contributed by atoms with E-state index in [0.29, 0.717) is 0 Å². The second-order valence-corrected chi connectivity index (χ2v) is 13.8. The van der Waals surface area contributed by atoms with E-state index in [9.17, 15) is 0 Å². The lowest BCUT2D eigenvalue weighted by atomic mass is 9.92. The molecule has 0 radical (unpaired) electrons. The molecule has 0 aliphatic carbocycles. The van der Waals surface area contributed by atoms with Gasteiger partial charge in [-0.25, -0.2) is 0 Å². The molecule has 0 saturated heterocycles. The van der Waals surface area contributed by atoms with E-state index in [4.69, 9.17) is 0 Å². The van der Waals surface area contributed by atoms with Crippen LogP contribution in [0.25, 0.3) is 45.6 Å². The molecule has 0 bridgehead atoms. The average Bonchev–Trinajstić information content (AvgIpc) is 3.26. The maximum atomic E-state index is 3.37. The number of allylic oxidation sites excluding steroid dienone is 2. The summed E-state index contributed by atoms with van der Waals surface area (Å²) in [4.78, 5) is 0. The SMILES string of the molecule is C1=CC(CCc2cc(-c3ccc(C=C(c4ccccc4)c4ccccc4)cc3)cc(-c3ccc(C=C(c4ccccc4)c4ccccc4)cc3)c2)=CNC1. The van der Waals surface area contributed by atoms with Crippen LogP contribution < -0.4 is 5.32 Å². The highest BCUT2D eigenvalue weighted by Crippen LogP contribution is 2.33. The van der Waals surface area contributed by atoms with Crippen LogP contribution in [0.4, 0.5) is 0 Å². The largest absolute Gasteiger partial charge is 0.387 e. The molecule has 0 fully saturated rings. The Labute approximate surface area is 320 Å². The summed E-state index contributed by atoms with van der Waals surface area (Å²) in [6.07, 6.45) is 13.2. The van der Waals surface area contributed by atoms with Crippen molar-refractivity contribution >= 4 is 23.3 Å². The number of aryl methyl sites for hydroxylation is 1. The van der Waals surface area contributed by atoms with Gasteiger partial charge in [0, 0.05) is 6.54 Å². The smallest absolute Gasteiger partial charge is 0.0328 e. The second kappa shape index (κ2) is 16.8. The number of hydrogen-bond donors (Lipinski definition) is 1. The monoisotopic (exact) mass is 693 g/mol. The molecule has 1 nitrogen and oxygen atoms in total. The molecule has 54 heavy (non-hydrogen) atoms. The molecule has 1 N–H and O–H groups in total. The third kappa shape index (κ3) is 8.49. The standard InChI is InChI=1S/C53H43N/c1-5-15-46(16-6-1)52(47-17-7-2-8-18-47)36-40-25-29-44(30-26-40)50-34-43(24-23-42-14-13-33-54-39-42)35-51(38-50)45-31-27-41(28-32-45)37-53(48-19-9-3-10-20-48)49-21-11-4-12-22-49/h1-22,25-32,34-39,54H,23-24,33H2. The Hall–Kier alpha value is -6.70. The molecular weight excluding hydrogens is 651 g/mol. The van der Waals surface area contributed by atoms with Crippen molar-refractivity contribution in [1.29, 1.82) is 0 Å². The maximum absolute atomic E-state index is 3.37. The van der Waals surface area contributed by atoms with Crippen LogP contribution in [0.5, 0.6) is 0 Å². The van der Waals surface area contributed by atoms with Gasteiger partial charge in [0.05, 0.1) is 0 Å². The third-order valence-electron chi connectivity index (χ3n) is 10.00. The molecule has 8 rings (SSSR count). The van der Waals surface area contributed by atoms with E-state index in [1.807, 2.05) is 0 Å². The summed E-state index contributed by atoms with van der Waals surface area (Å²) in [5, 5.41) is 3.37. The Bertz CT molecular complexity index is 2180. The van der Waals surface area contributed by atoms with Gasteiger partial charge in [0.1, 0.15) is 0 Å². The van der Waals surface area contributed by atoms with Crippen LogP contribution in [0.3, 0.4) is 0 Å². The number of rotatable bonds is 11. The molecule has 7 aromatic carbocycles. The average molecular weight is 694 g/mol. The Morgan fingerprint density at radius 1 is 0.426 bits per heavy atom. The minimum Gasteiger partial charge on any atom is -0.387 e. The summed E-state index contributed by atoms with van der Waals surface area (Å²) in [7, 11) is 0. The lowest BCUT2D eigenvalue weighted by Crippen LogP contribution is -2.09. The number of hydrogen-bond acceptors (Lipinski definition) is 1. The zero-order valence-corrected chi connectivity index (χ0v) is 30.4. The van der Waals surface area contributed by atoms with Crippen LogP contribution in [0.2, 0.25) is 0 Å². The molecule has 0 spiro atoms. The van der Waals surface area contributed by atoms with Crippen molar-refractivity contribution in [1.82, 2.24) is 5.32 Å². The summed E-state index contributed by atoms with van der Waals surface area (Å²) in [5.41, 5.74) is 17.2. The third-order valence-corrected chi connectivity index (χ3v) is 10.00. The second-order valence-electron chi connectivity index (χ2n) is 13.8. The van der Waals surface area contributed by atoms with Gasteiger partial charge in [0.2, 0.25) is 0 Å². The fourth-order valence-electron chi connectivity index (χ4n) is 7.14. The van der Waals surface area contributed by atoms with E-state index in [-0.39, 0.29) is 0 Å². The molecular formula is C53H43N. The zero-order chi connectivity index (χ0) is 36.4. The highest BCUT2D eigenvalue weighted by atomic mass is 14.8. The van der Waals surface area contributed by atoms with Crippen LogP contribution in [0, 0.1) is 0 Å². The molecule has 1 heterocycles. The molecule has 0 unspecified atom stereocenters. The Morgan fingerprint density at radius 2 is 0.833 bits per heavy atom. The van der Waals surface area contributed by atoms with Gasteiger partial charge in [-0.3, -0.25) is 0 Å². The van der Waals surface area contributed by atoms with Crippen LogP contribution in [0.15, 0.2) is 212 Å². The number of dihydropyridines is 1. The first-order valence-corrected chi connectivity index (χ1v) is 18.8. The van der Waals surface area contributed by atoms with Gasteiger partial charge in [0.15, 0.2) is 0 Å². The Morgan fingerprint density at radius 3 is 1.20 bits per heavy atom. The van der Waals surface area contributed by atoms with Crippen molar-refractivity contribution in [3.05, 3.63) is 251 Å². The van der Waals surface area contributed by atoms with Crippen molar-refractivity contribution in [3.8, 4) is 22.3 Å². The molecule has 0 saturated carbocycles. The van der Waals surface area contributed by atoms with Gasteiger partial charge >= 0.3 is 0 Å². The molecule has 1 aliphatic heterocycles. The van der Waals surface area contributed by atoms with E-state index in [1.54, 1.807) is 0 Å². The first-order valence-electron chi connectivity index (χ1n) is 18.8. The summed E-state index contributed by atoms with van der Waals surface area (Å²) in [6.45, 7) is 0.899. The summed E-state index contributed by atoms with van der Waals surface area (Å²) in [6, 6.07) is 67.7. The van der Waals surface area contributed by atoms with Gasteiger partial charge in [-0.15, -0.1) is 0 Å². The highest BCUT2D eigenvalue weighted by molar-refractivity contribution is 5.92. The van der Waals surface area contributed by atoms with Crippen LogP contribution in [-0.2, 0) is 6.42 Å². The van der Waals surface area contributed by atoms with E-state index in [1.165, 1.54) is 77.9 Å². The predicted molar refractivity (Wildman–Crippen MR) is 231 cm³/mol. The van der Waals surface area contributed by atoms with Gasteiger partial charge in [-0.1, -0.05) is 194 Å². The molecule has 1 heteroatoms. The highest BCUT2D eigenvalue weighted by Gasteiger charge is 2.10. The topological polar surface area (TPSA) is 12.0 Å². The molecule has 0 amide bonds. The molecule has 0 aromatic heterocycles. The lowest BCUT2D eigenvalue weighted by molar-refractivity contribution is 0.893. The molecule has 0 atom stereocenters. The van der Waals surface area contributed by atoms with Gasteiger partial charge < -0.3 is 5.32 Å². The van der Waals surface area contributed by atoms with Crippen molar-refractivity contribution in [2.75, 3.05) is 6.54 Å². The van der Waals surface area contributed by atoms with E-state index in [0.717, 1.165) is 19.4 Å². The molecule has 260 valence electrons. The minimum absolute atomic E-state index is 0.899. The van der Waals surface area contributed by atoms with E-state index >= 15 is 0 Å². The Balaban J connectivity index is 1.12. The summed E-state index contributed by atoms with van der Waals surface area (Å²) < 4.78 is 0. The number of benzene rings is 7. The fraction of sp³-hybridized carbons (Fsp3) is 0.0566. The van der Waals surface area contributed by atoms with E-state index < -0.39 is 0 Å². The first kappa shape index (κ1) is 34.4. The lowest BCUT2D eigenvalue weighted by Gasteiger charge is -2.13. The van der Waals surface area contributed by atoms with Gasteiger partial charge in [0.25, 0.3) is 0 Å². The maximum Gasteiger partial charge on any atom is 0.0328 e. The summed E-state index contributed by atoms with van der Waals surface area (Å²) >= 11 is 0. The van der Waals surface area contributed by atoms with Crippen molar-refractivity contribution in [3.63, 3.8) is 0 Å². The molecule has 7 aromatic rings. The number of nitrogens with one attached hydrogen (secondary N) is 1. The van der Waals surface area contributed by atoms with Crippen molar-refractivity contribution < 1.29 is 0 Å². The quantitative estimate of drug-likeness (QED) is 0.133. The zero-order valence-electron chi connectivity index (χ0n) is 30.4. The minimum atomic E-state index is 0.899. The normalized spacial score (nSPS) is 12.0. The van der Waals surface area contributed by atoms with Crippen molar-refractivity contribution in [2.45, 2.75) is 12.8 Å².